The highest BCUT2D eigenvalue weighted by atomic mass is 16.5. The van der Waals surface area contributed by atoms with Gasteiger partial charge < -0.3 is 10.5 Å². The summed E-state index contributed by atoms with van der Waals surface area (Å²) in [6.45, 7) is 8.07. The standard InChI is InChI=1S/C9H22N2O/c1-9(2)11(6-4-5-10)7-8-12-3/h9H,4-8,10H2,1-3H3. The molecule has 0 saturated carbocycles. The molecule has 0 radical (unpaired) electrons. The first-order chi connectivity index (χ1) is 5.72. The van der Waals surface area contributed by atoms with E-state index in [0.717, 1.165) is 32.7 Å². The molecule has 0 aliphatic carbocycles. The van der Waals surface area contributed by atoms with Crippen molar-refractivity contribution in [1.82, 2.24) is 4.90 Å². The average molecular weight is 174 g/mol. The van der Waals surface area contributed by atoms with E-state index in [1.807, 2.05) is 0 Å². The van der Waals surface area contributed by atoms with Crippen molar-refractivity contribution in [3.63, 3.8) is 0 Å². The summed E-state index contributed by atoms with van der Waals surface area (Å²) < 4.78 is 5.03. The molecule has 0 aromatic heterocycles. The van der Waals surface area contributed by atoms with Gasteiger partial charge in [0.2, 0.25) is 0 Å². The van der Waals surface area contributed by atoms with Crippen molar-refractivity contribution in [1.29, 1.82) is 0 Å². The minimum Gasteiger partial charge on any atom is -0.383 e. The van der Waals surface area contributed by atoms with Gasteiger partial charge in [-0.3, -0.25) is 4.90 Å². The summed E-state index contributed by atoms with van der Waals surface area (Å²) in [6, 6.07) is 0.590. The van der Waals surface area contributed by atoms with Gasteiger partial charge in [-0.05, 0) is 33.4 Å². The average Bonchev–Trinajstić information content (AvgIpc) is 2.04. The van der Waals surface area contributed by atoms with E-state index in [0.29, 0.717) is 6.04 Å². The predicted molar refractivity (Wildman–Crippen MR) is 52.3 cm³/mol. The van der Waals surface area contributed by atoms with Gasteiger partial charge >= 0.3 is 0 Å². The van der Waals surface area contributed by atoms with Crippen molar-refractivity contribution < 1.29 is 4.74 Å². The van der Waals surface area contributed by atoms with E-state index >= 15 is 0 Å². The Hall–Kier alpha value is -0.120. The van der Waals surface area contributed by atoms with Crippen LogP contribution in [0, 0.1) is 0 Å². The van der Waals surface area contributed by atoms with Gasteiger partial charge in [0.1, 0.15) is 0 Å². The molecular formula is C9H22N2O. The fraction of sp³-hybridized carbons (Fsp3) is 1.00. The first kappa shape index (κ1) is 11.9. The number of methoxy groups -OCH3 is 1. The highest BCUT2D eigenvalue weighted by Gasteiger charge is 2.07. The number of hydrogen-bond donors (Lipinski definition) is 1. The number of ether oxygens (including phenoxy) is 1. The summed E-state index contributed by atoms with van der Waals surface area (Å²) in [5, 5.41) is 0. The maximum absolute atomic E-state index is 5.45. The lowest BCUT2D eigenvalue weighted by Gasteiger charge is -2.25. The van der Waals surface area contributed by atoms with Gasteiger partial charge in [0.25, 0.3) is 0 Å². The highest BCUT2D eigenvalue weighted by Crippen LogP contribution is 1.98. The Morgan fingerprint density at radius 3 is 2.42 bits per heavy atom. The van der Waals surface area contributed by atoms with Crippen molar-refractivity contribution in [2.24, 2.45) is 5.73 Å². The topological polar surface area (TPSA) is 38.5 Å². The molecule has 74 valence electrons. The summed E-state index contributed by atoms with van der Waals surface area (Å²) in [4.78, 5) is 2.39. The second-order valence-corrected chi connectivity index (χ2v) is 3.26. The van der Waals surface area contributed by atoms with Crippen LogP contribution in [-0.4, -0.2) is 44.3 Å². The molecule has 0 spiro atoms. The zero-order valence-electron chi connectivity index (χ0n) is 8.55. The van der Waals surface area contributed by atoms with Crippen LogP contribution in [0.3, 0.4) is 0 Å². The summed E-state index contributed by atoms with van der Waals surface area (Å²) in [5.74, 6) is 0. The lowest BCUT2D eigenvalue weighted by Crippen LogP contribution is -2.35. The zero-order chi connectivity index (χ0) is 9.40. The Morgan fingerprint density at radius 1 is 1.33 bits per heavy atom. The Balaban J connectivity index is 3.55. The smallest absolute Gasteiger partial charge is 0.0589 e. The Morgan fingerprint density at radius 2 is 2.00 bits per heavy atom. The molecule has 0 aromatic carbocycles. The molecule has 3 nitrogen and oxygen atoms in total. The van der Waals surface area contributed by atoms with Crippen LogP contribution in [-0.2, 0) is 4.74 Å². The van der Waals surface area contributed by atoms with Crippen LogP contribution in [0.25, 0.3) is 0 Å². The van der Waals surface area contributed by atoms with Gasteiger partial charge in [0.05, 0.1) is 6.61 Å². The van der Waals surface area contributed by atoms with Crippen LogP contribution in [0.5, 0.6) is 0 Å². The largest absolute Gasteiger partial charge is 0.383 e. The molecule has 0 amide bonds. The SMILES string of the molecule is COCCN(CCCN)C(C)C. The van der Waals surface area contributed by atoms with Crippen LogP contribution in [0.1, 0.15) is 20.3 Å². The van der Waals surface area contributed by atoms with E-state index in [1.165, 1.54) is 0 Å². The van der Waals surface area contributed by atoms with Crippen molar-refractivity contribution in [3.8, 4) is 0 Å². The van der Waals surface area contributed by atoms with E-state index < -0.39 is 0 Å². The first-order valence-corrected chi connectivity index (χ1v) is 4.65. The second kappa shape index (κ2) is 7.53. The maximum atomic E-state index is 5.45. The van der Waals surface area contributed by atoms with Gasteiger partial charge in [0, 0.05) is 19.7 Å². The molecule has 0 aliphatic rings. The van der Waals surface area contributed by atoms with Crippen molar-refractivity contribution in [2.45, 2.75) is 26.3 Å². The third kappa shape index (κ3) is 5.52. The Bertz CT molecular complexity index is 88.5. The van der Waals surface area contributed by atoms with Gasteiger partial charge in [-0.2, -0.15) is 0 Å². The monoisotopic (exact) mass is 174 g/mol. The molecule has 0 bridgehead atoms. The zero-order valence-corrected chi connectivity index (χ0v) is 8.55. The van der Waals surface area contributed by atoms with E-state index in [4.69, 9.17) is 10.5 Å². The first-order valence-electron chi connectivity index (χ1n) is 4.65. The normalized spacial score (nSPS) is 11.5. The van der Waals surface area contributed by atoms with Crippen molar-refractivity contribution >= 4 is 0 Å². The second-order valence-electron chi connectivity index (χ2n) is 3.26. The fourth-order valence-electron chi connectivity index (χ4n) is 1.13. The van der Waals surface area contributed by atoms with Crippen molar-refractivity contribution in [3.05, 3.63) is 0 Å². The molecule has 0 atom stereocenters. The summed E-state index contributed by atoms with van der Waals surface area (Å²) in [7, 11) is 1.74. The molecular weight excluding hydrogens is 152 g/mol. The van der Waals surface area contributed by atoms with E-state index in [2.05, 4.69) is 18.7 Å². The lowest BCUT2D eigenvalue weighted by molar-refractivity contribution is 0.129. The molecule has 0 aromatic rings. The van der Waals surface area contributed by atoms with Gasteiger partial charge in [-0.15, -0.1) is 0 Å². The van der Waals surface area contributed by atoms with Crippen LogP contribution < -0.4 is 5.73 Å². The lowest BCUT2D eigenvalue weighted by atomic mass is 10.3. The Kier molecular flexibility index (Phi) is 7.45. The van der Waals surface area contributed by atoms with E-state index in [1.54, 1.807) is 7.11 Å². The predicted octanol–water partition coefficient (Wildman–Crippen LogP) is 0.692. The Labute approximate surface area is 75.9 Å². The van der Waals surface area contributed by atoms with Crippen LogP contribution >= 0.6 is 0 Å². The molecule has 12 heavy (non-hydrogen) atoms. The van der Waals surface area contributed by atoms with Gasteiger partial charge in [-0.25, -0.2) is 0 Å². The number of nitrogens with two attached hydrogens (primary N) is 1. The summed E-state index contributed by atoms with van der Waals surface area (Å²) >= 11 is 0. The van der Waals surface area contributed by atoms with E-state index in [9.17, 15) is 0 Å². The molecule has 0 saturated heterocycles. The van der Waals surface area contributed by atoms with Crippen LogP contribution in [0.2, 0.25) is 0 Å². The highest BCUT2D eigenvalue weighted by molar-refractivity contribution is 4.62. The molecule has 2 N–H and O–H groups in total. The van der Waals surface area contributed by atoms with E-state index in [-0.39, 0.29) is 0 Å². The summed E-state index contributed by atoms with van der Waals surface area (Å²) in [6.07, 6.45) is 1.07. The maximum Gasteiger partial charge on any atom is 0.0589 e. The molecule has 0 aliphatic heterocycles. The molecule has 0 fully saturated rings. The van der Waals surface area contributed by atoms with Crippen LogP contribution in [0.4, 0.5) is 0 Å². The minimum absolute atomic E-state index is 0.590. The number of hydrogen-bond acceptors (Lipinski definition) is 3. The fourth-order valence-corrected chi connectivity index (χ4v) is 1.13. The minimum atomic E-state index is 0.590. The molecule has 0 rings (SSSR count). The quantitative estimate of drug-likeness (QED) is 0.617. The summed E-state index contributed by atoms with van der Waals surface area (Å²) in [5.41, 5.74) is 5.45. The molecule has 0 unspecified atom stereocenters. The third-order valence-electron chi connectivity index (χ3n) is 1.96. The molecule has 3 heteroatoms. The third-order valence-corrected chi connectivity index (χ3v) is 1.96. The van der Waals surface area contributed by atoms with Crippen LogP contribution in [0.15, 0.2) is 0 Å². The molecule has 0 heterocycles. The van der Waals surface area contributed by atoms with Gasteiger partial charge in [-0.1, -0.05) is 0 Å². The van der Waals surface area contributed by atoms with Gasteiger partial charge in [0.15, 0.2) is 0 Å². The number of nitrogens with zero attached hydrogens (tertiary/aromatic N) is 1. The van der Waals surface area contributed by atoms with Crippen molar-refractivity contribution in [2.75, 3.05) is 33.4 Å². The number of rotatable bonds is 7.